The van der Waals surface area contributed by atoms with E-state index in [2.05, 4.69) is 30.4 Å². The zero-order valence-corrected chi connectivity index (χ0v) is 17.1. The molecule has 0 bridgehead atoms. The van der Waals surface area contributed by atoms with E-state index in [0.29, 0.717) is 30.4 Å². The standard InChI is InChI=1S/C21H27N7O2/c1-22-20-12-23-17(11-24-20)10-21(30)27-8-6-26(7-9-27)19-13-28(14-19)18-4-2-16(3-5-18)25-15-29/h2-5,11-12,15,19H,6-10,13-14H2,1H3,(H,22,24)(H,25,29). The molecule has 1 aromatic heterocycles. The van der Waals surface area contributed by atoms with Crippen molar-refractivity contribution in [2.45, 2.75) is 12.5 Å². The highest BCUT2D eigenvalue weighted by molar-refractivity contribution is 5.78. The SMILES string of the molecule is CNc1cnc(CC(=O)N2CCN(C3CN(c4ccc(NC=O)cc4)C3)CC2)cn1. The minimum absolute atomic E-state index is 0.111. The van der Waals surface area contributed by atoms with Crippen LogP contribution in [0, 0.1) is 0 Å². The van der Waals surface area contributed by atoms with Crippen LogP contribution in [0.5, 0.6) is 0 Å². The van der Waals surface area contributed by atoms with Crippen LogP contribution in [0.4, 0.5) is 17.2 Å². The molecule has 30 heavy (non-hydrogen) atoms. The summed E-state index contributed by atoms with van der Waals surface area (Å²) in [5.41, 5.74) is 2.67. The molecule has 2 aliphatic heterocycles. The number of benzene rings is 1. The predicted molar refractivity (Wildman–Crippen MR) is 116 cm³/mol. The molecule has 4 rings (SSSR count). The predicted octanol–water partition coefficient (Wildman–Crippen LogP) is 0.662. The minimum Gasteiger partial charge on any atom is -0.372 e. The Bertz CT molecular complexity index is 858. The molecule has 9 nitrogen and oxygen atoms in total. The number of anilines is 3. The Hall–Kier alpha value is -3.20. The third-order valence-electron chi connectivity index (χ3n) is 5.80. The second-order valence-corrected chi connectivity index (χ2v) is 7.60. The lowest BCUT2D eigenvalue weighted by atomic mass is 10.0. The van der Waals surface area contributed by atoms with Crippen molar-refractivity contribution in [3.8, 4) is 0 Å². The van der Waals surface area contributed by atoms with Crippen LogP contribution in [-0.4, -0.2) is 84.4 Å². The highest BCUT2D eigenvalue weighted by Gasteiger charge is 2.34. The Morgan fingerprint density at radius 3 is 2.43 bits per heavy atom. The van der Waals surface area contributed by atoms with E-state index in [9.17, 15) is 9.59 Å². The van der Waals surface area contributed by atoms with Crippen molar-refractivity contribution in [1.29, 1.82) is 0 Å². The van der Waals surface area contributed by atoms with Crippen molar-refractivity contribution >= 4 is 29.5 Å². The van der Waals surface area contributed by atoms with Gasteiger partial charge in [-0.1, -0.05) is 0 Å². The molecule has 0 atom stereocenters. The first-order valence-electron chi connectivity index (χ1n) is 10.2. The maximum atomic E-state index is 12.6. The fourth-order valence-electron chi connectivity index (χ4n) is 3.91. The van der Waals surface area contributed by atoms with Gasteiger partial charge in [0, 0.05) is 63.7 Å². The van der Waals surface area contributed by atoms with E-state index >= 15 is 0 Å². The van der Waals surface area contributed by atoms with Crippen LogP contribution in [0.1, 0.15) is 5.69 Å². The lowest BCUT2D eigenvalue weighted by Gasteiger charge is -2.49. The summed E-state index contributed by atoms with van der Waals surface area (Å²) >= 11 is 0. The molecule has 2 saturated heterocycles. The fraction of sp³-hybridized carbons (Fsp3) is 0.429. The van der Waals surface area contributed by atoms with Gasteiger partial charge in [0.2, 0.25) is 12.3 Å². The van der Waals surface area contributed by atoms with Crippen molar-refractivity contribution in [3.05, 3.63) is 42.4 Å². The molecule has 2 aliphatic rings. The molecule has 2 N–H and O–H groups in total. The van der Waals surface area contributed by atoms with Crippen molar-refractivity contribution in [3.63, 3.8) is 0 Å². The number of hydrogen-bond donors (Lipinski definition) is 2. The van der Waals surface area contributed by atoms with Crippen molar-refractivity contribution in [2.75, 3.05) is 61.8 Å². The van der Waals surface area contributed by atoms with E-state index in [-0.39, 0.29) is 5.91 Å². The number of nitrogens with zero attached hydrogens (tertiary/aromatic N) is 5. The normalized spacial score (nSPS) is 17.4. The van der Waals surface area contributed by atoms with Crippen LogP contribution in [0.2, 0.25) is 0 Å². The Morgan fingerprint density at radius 1 is 1.10 bits per heavy atom. The highest BCUT2D eigenvalue weighted by Crippen LogP contribution is 2.25. The minimum atomic E-state index is 0.111. The third-order valence-corrected chi connectivity index (χ3v) is 5.80. The maximum Gasteiger partial charge on any atom is 0.228 e. The molecule has 0 unspecified atom stereocenters. The van der Waals surface area contributed by atoms with Crippen molar-refractivity contribution in [1.82, 2.24) is 19.8 Å². The summed E-state index contributed by atoms with van der Waals surface area (Å²) in [5, 5.41) is 5.58. The zero-order valence-electron chi connectivity index (χ0n) is 17.1. The molecular formula is C21H27N7O2. The lowest BCUT2D eigenvalue weighted by Crippen LogP contribution is -2.63. The van der Waals surface area contributed by atoms with Gasteiger partial charge in [-0.25, -0.2) is 4.98 Å². The number of carbonyl (C=O) groups is 2. The van der Waals surface area contributed by atoms with Gasteiger partial charge < -0.3 is 20.4 Å². The molecule has 2 amide bonds. The molecular weight excluding hydrogens is 382 g/mol. The van der Waals surface area contributed by atoms with E-state index in [4.69, 9.17) is 0 Å². The van der Waals surface area contributed by atoms with E-state index in [1.54, 1.807) is 19.4 Å². The van der Waals surface area contributed by atoms with Crippen molar-refractivity contribution < 1.29 is 9.59 Å². The first kappa shape index (κ1) is 20.1. The number of hydrogen-bond acceptors (Lipinski definition) is 7. The molecule has 0 spiro atoms. The van der Waals surface area contributed by atoms with Crippen LogP contribution in [0.25, 0.3) is 0 Å². The fourth-order valence-corrected chi connectivity index (χ4v) is 3.91. The lowest BCUT2D eigenvalue weighted by molar-refractivity contribution is -0.132. The van der Waals surface area contributed by atoms with Crippen LogP contribution in [0.3, 0.4) is 0 Å². The highest BCUT2D eigenvalue weighted by atomic mass is 16.2. The summed E-state index contributed by atoms with van der Waals surface area (Å²) in [6.45, 7) is 5.28. The molecule has 3 heterocycles. The number of amides is 2. The van der Waals surface area contributed by atoms with Gasteiger partial charge in [-0.15, -0.1) is 0 Å². The second kappa shape index (κ2) is 9.08. The molecule has 158 valence electrons. The number of nitrogens with one attached hydrogen (secondary N) is 2. The Labute approximate surface area is 176 Å². The number of aromatic nitrogens is 2. The molecule has 2 aromatic rings. The molecule has 0 aliphatic carbocycles. The van der Waals surface area contributed by atoms with E-state index in [1.807, 2.05) is 29.2 Å². The van der Waals surface area contributed by atoms with Gasteiger partial charge in [0.1, 0.15) is 5.82 Å². The van der Waals surface area contributed by atoms with Gasteiger partial charge in [0.15, 0.2) is 0 Å². The number of rotatable bonds is 7. The summed E-state index contributed by atoms with van der Waals surface area (Å²) in [4.78, 5) is 38.3. The van der Waals surface area contributed by atoms with Gasteiger partial charge in [-0.05, 0) is 24.3 Å². The Kier molecular flexibility index (Phi) is 6.08. The largest absolute Gasteiger partial charge is 0.372 e. The molecule has 1 aromatic carbocycles. The van der Waals surface area contributed by atoms with E-state index in [0.717, 1.165) is 45.0 Å². The average Bonchev–Trinajstić information content (AvgIpc) is 2.75. The summed E-state index contributed by atoms with van der Waals surface area (Å²) in [6.07, 6.45) is 4.29. The summed E-state index contributed by atoms with van der Waals surface area (Å²) in [6, 6.07) is 8.42. The average molecular weight is 409 g/mol. The van der Waals surface area contributed by atoms with Gasteiger partial charge in [-0.2, -0.15) is 0 Å². The Balaban J connectivity index is 1.21. The van der Waals surface area contributed by atoms with Gasteiger partial charge in [0.05, 0.1) is 24.5 Å². The second-order valence-electron chi connectivity index (χ2n) is 7.60. The van der Waals surface area contributed by atoms with Crippen LogP contribution < -0.4 is 15.5 Å². The summed E-state index contributed by atoms with van der Waals surface area (Å²) in [5.74, 6) is 0.809. The number of carbonyl (C=O) groups excluding carboxylic acids is 2. The summed E-state index contributed by atoms with van der Waals surface area (Å²) in [7, 11) is 1.79. The zero-order chi connectivity index (χ0) is 20.9. The van der Waals surface area contributed by atoms with E-state index < -0.39 is 0 Å². The molecule has 0 radical (unpaired) electrons. The smallest absolute Gasteiger partial charge is 0.228 e. The topological polar surface area (TPSA) is 93.7 Å². The van der Waals surface area contributed by atoms with Gasteiger partial charge in [0.25, 0.3) is 0 Å². The third kappa shape index (κ3) is 4.51. The first-order chi connectivity index (χ1) is 14.7. The van der Waals surface area contributed by atoms with Crippen LogP contribution >= 0.6 is 0 Å². The van der Waals surface area contributed by atoms with Crippen LogP contribution in [0.15, 0.2) is 36.7 Å². The van der Waals surface area contributed by atoms with Crippen LogP contribution in [-0.2, 0) is 16.0 Å². The quantitative estimate of drug-likeness (QED) is 0.649. The van der Waals surface area contributed by atoms with Gasteiger partial charge >= 0.3 is 0 Å². The molecule has 9 heteroatoms. The van der Waals surface area contributed by atoms with Gasteiger partial charge in [-0.3, -0.25) is 19.5 Å². The maximum absolute atomic E-state index is 12.6. The van der Waals surface area contributed by atoms with E-state index in [1.165, 1.54) is 5.69 Å². The Morgan fingerprint density at radius 2 is 1.83 bits per heavy atom. The molecule has 2 fully saturated rings. The monoisotopic (exact) mass is 409 g/mol. The molecule has 0 saturated carbocycles. The summed E-state index contributed by atoms with van der Waals surface area (Å²) < 4.78 is 0. The number of piperazine rings is 1. The first-order valence-corrected chi connectivity index (χ1v) is 10.2. The van der Waals surface area contributed by atoms with Crippen molar-refractivity contribution in [2.24, 2.45) is 0 Å².